The van der Waals surface area contributed by atoms with Crippen LogP contribution in [-0.4, -0.2) is 32.4 Å². The van der Waals surface area contributed by atoms with Gasteiger partial charge in [0.25, 0.3) is 0 Å². The van der Waals surface area contributed by atoms with Crippen molar-refractivity contribution in [2.75, 3.05) is 0 Å². The lowest BCUT2D eigenvalue weighted by atomic mass is 9.69. The van der Waals surface area contributed by atoms with Crippen molar-refractivity contribution in [2.45, 2.75) is 116 Å². The number of unbranched alkanes of at least 4 members (excludes halogenated alkanes) is 7. The summed E-state index contributed by atoms with van der Waals surface area (Å²) in [5, 5.41) is 21.6. The van der Waals surface area contributed by atoms with Gasteiger partial charge in [0.15, 0.2) is 0 Å². The smallest absolute Gasteiger partial charge is 0.306 e. The number of hydrogen-bond acceptors (Lipinski definition) is 3. The van der Waals surface area contributed by atoms with E-state index in [1.54, 1.807) is 0 Å². The highest BCUT2D eigenvalue weighted by atomic mass is 16.5. The molecule has 1 aliphatic heterocycles. The fourth-order valence-electron chi connectivity index (χ4n) is 4.69. The van der Waals surface area contributed by atoms with Crippen molar-refractivity contribution in [3.05, 3.63) is 0 Å². The zero-order chi connectivity index (χ0) is 19.1. The first-order valence-electron chi connectivity index (χ1n) is 10.3. The molecule has 0 amide bonds. The highest BCUT2D eigenvalue weighted by Crippen LogP contribution is 2.44. The molecule has 1 aliphatic rings. The van der Waals surface area contributed by atoms with Crippen LogP contribution in [0.15, 0.2) is 0 Å². The van der Waals surface area contributed by atoms with E-state index in [0.29, 0.717) is 0 Å². The predicted molar refractivity (Wildman–Crippen MR) is 103 cm³/mol. The zero-order valence-electron chi connectivity index (χ0n) is 17.2. The Morgan fingerprint density at radius 1 is 0.960 bits per heavy atom. The summed E-state index contributed by atoms with van der Waals surface area (Å²) in [5.41, 5.74) is -0.751. The van der Waals surface area contributed by atoms with Gasteiger partial charge in [0.2, 0.25) is 0 Å². The number of hydrogen-bond donors (Lipinski definition) is 2. The maximum absolute atomic E-state index is 11.9. The van der Waals surface area contributed by atoms with Crippen molar-refractivity contribution < 1.29 is 15.1 Å². The predicted octanol–water partition coefficient (Wildman–Crippen LogP) is 5.88. The van der Waals surface area contributed by atoms with Crippen LogP contribution in [0, 0.1) is 11.8 Å². The molecule has 0 saturated carbocycles. The van der Waals surface area contributed by atoms with Crippen LogP contribution >= 0.6 is 0 Å². The lowest BCUT2D eigenvalue weighted by Crippen LogP contribution is -2.60. The van der Waals surface area contributed by atoms with E-state index in [1.165, 1.54) is 43.6 Å². The third-order valence-corrected chi connectivity index (χ3v) is 5.93. The van der Waals surface area contributed by atoms with Gasteiger partial charge in [-0.2, -0.15) is 5.06 Å². The minimum absolute atomic E-state index is 0.135. The standard InChI is InChI=1S/C21H41NO3/c1-6-7-8-9-10-11-12-13-14-18(19(23)24)17-15-20(2,3)22(25)21(4,5)16-17/h17-18,25H,6-16H2,1-5H3,(H,23,24). The Morgan fingerprint density at radius 3 is 1.84 bits per heavy atom. The first kappa shape index (κ1) is 22.4. The highest BCUT2D eigenvalue weighted by molar-refractivity contribution is 5.70. The molecule has 1 rings (SSSR count). The number of rotatable bonds is 11. The second-order valence-corrected chi connectivity index (χ2v) is 9.31. The Hall–Kier alpha value is -0.610. The van der Waals surface area contributed by atoms with Gasteiger partial charge in [-0.25, -0.2) is 0 Å². The van der Waals surface area contributed by atoms with Gasteiger partial charge >= 0.3 is 5.97 Å². The van der Waals surface area contributed by atoms with Crippen molar-refractivity contribution in [3.8, 4) is 0 Å². The lowest BCUT2D eigenvalue weighted by Gasteiger charge is -2.52. The van der Waals surface area contributed by atoms with Crippen molar-refractivity contribution in [3.63, 3.8) is 0 Å². The summed E-state index contributed by atoms with van der Waals surface area (Å²) in [7, 11) is 0. The molecule has 0 bridgehead atoms. The Balaban J connectivity index is 2.47. The van der Waals surface area contributed by atoms with Crippen LogP contribution in [0.4, 0.5) is 0 Å². The molecule has 0 spiro atoms. The largest absolute Gasteiger partial charge is 0.481 e. The third kappa shape index (κ3) is 6.90. The lowest BCUT2D eigenvalue weighted by molar-refractivity contribution is -0.254. The SMILES string of the molecule is CCCCCCCCCCC(C(=O)O)C1CC(C)(C)N(O)C(C)(C)C1. The first-order valence-corrected chi connectivity index (χ1v) is 10.3. The highest BCUT2D eigenvalue weighted by Gasteiger charge is 2.48. The van der Waals surface area contributed by atoms with Gasteiger partial charge in [0.1, 0.15) is 0 Å². The Bertz CT molecular complexity index is 388. The summed E-state index contributed by atoms with van der Waals surface area (Å²) in [6.07, 6.45) is 12.1. The van der Waals surface area contributed by atoms with Crippen molar-refractivity contribution in [1.82, 2.24) is 5.06 Å². The Morgan fingerprint density at radius 2 is 1.40 bits per heavy atom. The number of hydroxylamine groups is 2. The Kier molecular flexibility index (Phi) is 8.90. The molecule has 4 nitrogen and oxygen atoms in total. The van der Waals surface area contributed by atoms with Gasteiger partial charge in [-0.3, -0.25) is 4.79 Å². The van der Waals surface area contributed by atoms with Crippen LogP contribution in [0.25, 0.3) is 0 Å². The summed E-state index contributed by atoms with van der Waals surface area (Å²) < 4.78 is 0. The van der Waals surface area contributed by atoms with Crippen LogP contribution < -0.4 is 0 Å². The molecule has 1 heterocycles. The normalized spacial score (nSPS) is 22.0. The van der Waals surface area contributed by atoms with E-state index in [1.807, 2.05) is 27.7 Å². The fraction of sp³-hybridized carbons (Fsp3) is 0.952. The molecule has 0 aromatic heterocycles. The van der Waals surface area contributed by atoms with E-state index >= 15 is 0 Å². The zero-order valence-corrected chi connectivity index (χ0v) is 17.2. The number of piperidine rings is 1. The van der Waals surface area contributed by atoms with Crippen molar-refractivity contribution in [1.29, 1.82) is 0 Å². The fourth-order valence-corrected chi connectivity index (χ4v) is 4.69. The molecule has 0 aliphatic carbocycles. The van der Waals surface area contributed by atoms with Gasteiger partial charge < -0.3 is 10.3 Å². The molecule has 148 valence electrons. The molecule has 0 radical (unpaired) electrons. The summed E-state index contributed by atoms with van der Waals surface area (Å²) in [5.74, 6) is -0.811. The summed E-state index contributed by atoms with van der Waals surface area (Å²) in [4.78, 5) is 11.9. The van der Waals surface area contributed by atoms with Crippen LogP contribution in [-0.2, 0) is 4.79 Å². The minimum Gasteiger partial charge on any atom is -0.481 e. The molecular weight excluding hydrogens is 314 g/mol. The monoisotopic (exact) mass is 355 g/mol. The molecule has 1 fully saturated rings. The molecule has 2 N–H and O–H groups in total. The molecule has 4 heteroatoms. The maximum atomic E-state index is 11.9. The second kappa shape index (κ2) is 9.91. The number of carboxylic acids is 1. The van der Waals surface area contributed by atoms with E-state index in [2.05, 4.69) is 6.92 Å². The first-order chi connectivity index (χ1) is 11.6. The van der Waals surface area contributed by atoms with Crippen LogP contribution in [0.5, 0.6) is 0 Å². The minimum atomic E-state index is -0.661. The van der Waals surface area contributed by atoms with Gasteiger partial charge in [-0.15, -0.1) is 0 Å². The molecule has 25 heavy (non-hydrogen) atoms. The topological polar surface area (TPSA) is 60.8 Å². The molecule has 1 atom stereocenters. The molecular formula is C21H41NO3. The summed E-state index contributed by atoms with van der Waals surface area (Å²) in [6.45, 7) is 10.3. The van der Waals surface area contributed by atoms with Gasteiger partial charge in [0.05, 0.1) is 5.92 Å². The summed E-state index contributed by atoms with van der Waals surface area (Å²) in [6, 6.07) is 0. The number of aliphatic carboxylic acids is 1. The third-order valence-electron chi connectivity index (χ3n) is 5.93. The van der Waals surface area contributed by atoms with E-state index in [9.17, 15) is 15.1 Å². The van der Waals surface area contributed by atoms with E-state index in [-0.39, 0.29) is 22.9 Å². The van der Waals surface area contributed by atoms with Crippen LogP contribution in [0.3, 0.4) is 0 Å². The average molecular weight is 356 g/mol. The number of carbonyl (C=O) groups is 1. The van der Waals surface area contributed by atoms with Gasteiger partial charge in [-0.05, 0) is 52.9 Å². The van der Waals surface area contributed by atoms with Crippen LogP contribution in [0.2, 0.25) is 0 Å². The Labute approximate surface area is 154 Å². The number of carboxylic acid groups (broad SMARTS) is 1. The molecule has 1 saturated heterocycles. The second-order valence-electron chi connectivity index (χ2n) is 9.31. The van der Waals surface area contributed by atoms with Crippen molar-refractivity contribution in [2.24, 2.45) is 11.8 Å². The summed E-state index contributed by atoms with van der Waals surface area (Å²) >= 11 is 0. The van der Waals surface area contributed by atoms with Gasteiger partial charge in [0, 0.05) is 11.1 Å². The van der Waals surface area contributed by atoms with E-state index < -0.39 is 5.97 Å². The number of nitrogens with zero attached hydrogens (tertiary/aromatic N) is 1. The molecule has 0 aromatic rings. The van der Waals surface area contributed by atoms with Gasteiger partial charge in [-0.1, -0.05) is 58.3 Å². The average Bonchev–Trinajstić information content (AvgIpc) is 2.50. The van der Waals surface area contributed by atoms with E-state index in [4.69, 9.17) is 0 Å². The molecule has 1 unspecified atom stereocenters. The quantitative estimate of drug-likeness (QED) is 0.455. The molecule has 0 aromatic carbocycles. The maximum Gasteiger partial charge on any atom is 0.306 e. The van der Waals surface area contributed by atoms with E-state index in [0.717, 1.165) is 32.1 Å². The van der Waals surface area contributed by atoms with Crippen LogP contribution in [0.1, 0.15) is 105 Å². The van der Waals surface area contributed by atoms with Crippen molar-refractivity contribution >= 4 is 5.97 Å².